The number of alkyl halides is 3. The van der Waals surface area contributed by atoms with E-state index in [-0.39, 0.29) is 124 Å². The highest BCUT2D eigenvalue weighted by atomic mass is 35.5. The summed E-state index contributed by atoms with van der Waals surface area (Å²) in [6.07, 6.45) is 6.32. The number of nitrogens with two attached hydrogens (primary N) is 3. The number of thiophene rings is 5. The van der Waals surface area contributed by atoms with E-state index in [2.05, 4.69) is 158 Å². The Balaban J connectivity index is 0.000000292. The number of aliphatic hydroxyl groups is 2. The Bertz CT molecular complexity index is 4240. The quantitative estimate of drug-likeness (QED) is 0.0285. The lowest BCUT2D eigenvalue weighted by Gasteiger charge is -2.26. The average Bonchev–Trinajstić information content (AvgIpc) is 1.62. The van der Waals surface area contributed by atoms with Crippen LogP contribution in [-0.2, 0) is 80.2 Å². The highest BCUT2D eigenvalue weighted by molar-refractivity contribution is 7.86. The van der Waals surface area contributed by atoms with Crippen LogP contribution in [0.1, 0.15) is 193 Å². The summed E-state index contributed by atoms with van der Waals surface area (Å²) in [6, 6.07) is 42.9. The molecule has 2 aliphatic carbocycles. The molecule has 1 unspecified atom stereocenters. The summed E-state index contributed by atoms with van der Waals surface area (Å²) in [4.78, 5) is 41.5. The van der Waals surface area contributed by atoms with E-state index >= 15 is 0 Å². The van der Waals surface area contributed by atoms with Gasteiger partial charge in [-0.1, -0.05) is 139 Å². The number of ether oxygens (including phenoxy) is 7. The van der Waals surface area contributed by atoms with E-state index in [1.165, 1.54) is 96.7 Å². The lowest BCUT2D eigenvalue weighted by atomic mass is 9.97. The van der Waals surface area contributed by atoms with Crippen molar-refractivity contribution in [2.45, 2.75) is 186 Å². The van der Waals surface area contributed by atoms with Crippen LogP contribution in [0.4, 0.5) is 22.8 Å². The van der Waals surface area contributed by atoms with E-state index in [1.54, 1.807) is 20.8 Å². The molecule has 0 spiro atoms. The topological polar surface area (TPSA) is 313 Å². The van der Waals surface area contributed by atoms with Crippen LogP contribution in [0.15, 0.2) is 154 Å². The number of carbonyl (C=O) groups excluding carboxylic acids is 3. The first kappa shape index (κ1) is 107. The Labute approximate surface area is 755 Å². The number of rotatable bonds is 14. The number of nitrogens with one attached hydrogen (secondary N) is 2. The maximum absolute atomic E-state index is 11.7. The van der Waals surface area contributed by atoms with Crippen molar-refractivity contribution in [1.29, 1.82) is 0 Å². The Morgan fingerprint density at radius 3 is 0.901 bits per heavy atom. The van der Waals surface area contributed by atoms with Crippen molar-refractivity contribution in [2.75, 3.05) is 59.5 Å². The first-order valence-corrected chi connectivity index (χ1v) is 45.3. The van der Waals surface area contributed by atoms with Crippen molar-refractivity contribution >= 4 is 135 Å². The van der Waals surface area contributed by atoms with E-state index in [9.17, 15) is 27.6 Å². The van der Waals surface area contributed by atoms with Crippen molar-refractivity contribution in [2.24, 2.45) is 35.0 Å². The van der Waals surface area contributed by atoms with Gasteiger partial charge in [-0.15, -0.1) is 106 Å². The molecule has 0 fully saturated rings. The second-order valence-electron chi connectivity index (χ2n) is 30.2. The zero-order valence-electron chi connectivity index (χ0n) is 69.8. The third kappa shape index (κ3) is 31.0. The van der Waals surface area contributed by atoms with Gasteiger partial charge < -0.3 is 76.0 Å². The predicted molar refractivity (Wildman–Crippen MR) is 491 cm³/mol. The van der Waals surface area contributed by atoms with E-state index in [4.69, 9.17) is 73.5 Å². The fourth-order valence-corrected chi connectivity index (χ4v) is 18.7. The van der Waals surface area contributed by atoms with Gasteiger partial charge in [0.15, 0.2) is 0 Å². The molecule has 20 nitrogen and oxygen atoms in total. The number of aldehydes is 1. The van der Waals surface area contributed by atoms with Gasteiger partial charge >= 0.3 is 27.8 Å². The minimum Gasteiger partial charge on any atom is -0.449 e. The summed E-state index contributed by atoms with van der Waals surface area (Å²) in [6.45, 7) is 27.2. The summed E-state index contributed by atoms with van der Waals surface area (Å²) < 4.78 is 96.6. The van der Waals surface area contributed by atoms with Crippen LogP contribution in [0.2, 0.25) is 0 Å². The summed E-state index contributed by atoms with van der Waals surface area (Å²) in [7, 11) is -5.84. The van der Waals surface area contributed by atoms with Gasteiger partial charge in [0.05, 0.1) is 88.9 Å². The Hall–Kier alpha value is -5.95. The van der Waals surface area contributed by atoms with Crippen molar-refractivity contribution in [3.05, 3.63) is 229 Å². The lowest BCUT2D eigenvalue weighted by molar-refractivity contribution is -0.109. The normalized spacial score (nSPS) is 18.4. The lowest BCUT2D eigenvalue weighted by Crippen LogP contribution is -2.36. The summed E-state index contributed by atoms with van der Waals surface area (Å²) >= 11 is 9.22. The maximum atomic E-state index is 11.7. The van der Waals surface area contributed by atoms with Crippen LogP contribution in [0.25, 0.3) is 22.3 Å². The zero-order chi connectivity index (χ0) is 85.1. The van der Waals surface area contributed by atoms with Crippen molar-refractivity contribution in [3.63, 3.8) is 0 Å². The van der Waals surface area contributed by atoms with Gasteiger partial charge in [0.1, 0.15) is 19.5 Å². The van der Waals surface area contributed by atoms with Gasteiger partial charge in [-0.05, 0) is 182 Å². The molecule has 10 atom stereocenters. The standard InChI is InChI=1S/C18H19NO3.C18H17NO3.3C10H14OS.2C9H13NOS.C3H9NO.CHF3O3S.4ClH/c2*1-12(10-20)19-18(21)22-11-17-15-8-4-2-6-13(15)14-7-3-5-9-16(14)17;3*1-7(2)10-8-4-6-12-9(8)3-5-11-10;2*1-6(10)9-7-3-5-12-8(7)2-4-11-9;1-3(4)2-5;2-1(3,4)8(5,6)7;;;;/h2-9,12,17,20H,10-11H2,1H3,(H,19,21);2-10,12,17H,11H2,1H3,(H,19,21);3*4,6-7,10H,3,5H2,1-2H3;2*3,5-6,9H,2,4,10H2,1H3;3,5H,2,4H2,1H3;(H,5,6,7);4*1H/t2*12-;2*10-;;6-,9+;6-,9-;3-;;;;;/m0010.000...../s1. The molecule has 0 saturated heterocycles. The van der Waals surface area contributed by atoms with E-state index in [0.717, 1.165) is 65.1 Å². The van der Waals surface area contributed by atoms with Gasteiger partial charge in [-0.25, -0.2) is 9.59 Å². The van der Waals surface area contributed by atoms with Crippen molar-refractivity contribution < 1.29 is 83.9 Å². The molecule has 11 N–H and O–H groups in total. The maximum Gasteiger partial charge on any atom is 0.522 e. The molecule has 5 aromatic heterocycles. The largest absolute Gasteiger partial charge is 0.522 e. The molecule has 0 saturated carbocycles. The number of fused-ring (bicyclic) bond motifs is 11. The number of benzene rings is 4. The molecule has 33 heteroatoms. The monoisotopic (exact) mass is 1870 g/mol. The Kier molecular flexibility index (Phi) is 46.9. The molecule has 9 aromatic rings. The molecular formula is C88H118Cl4F3N5O15S6. The molecule has 2 amide bonds. The highest BCUT2D eigenvalue weighted by Crippen LogP contribution is 2.47. The van der Waals surface area contributed by atoms with Crippen LogP contribution >= 0.6 is 106 Å². The number of aliphatic hydroxyl groups excluding tert-OH is 2. The number of alkyl carbamates (subject to hydrolysis) is 2. The fourth-order valence-electron chi connectivity index (χ4n) is 14.1. The smallest absolute Gasteiger partial charge is 0.449 e. The number of hydrogen-bond donors (Lipinski definition) is 8. The van der Waals surface area contributed by atoms with Crippen LogP contribution in [0, 0.1) is 17.8 Å². The summed E-state index contributed by atoms with van der Waals surface area (Å²) in [5.74, 6) is 1.88. The van der Waals surface area contributed by atoms with Crippen LogP contribution in [0.5, 0.6) is 0 Å². The molecule has 0 radical (unpaired) electrons. The molecule has 0 bridgehead atoms. The first-order valence-electron chi connectivity index (χ1n) is 39.5. The number of carbonyl (C=O) groups is 3. The SMILES string of the molecule is CC(C)C1OCCc2sccc21.CC(C)[C@@H]1OCCc2sccc21.CC(C)[C@H]1OCCc2sccc21.C[C@@H](C=O)NC(=O)OCC1c2ccccc2-c2ccccc21.C[C@@H](CO)NC(=O)OCC1c2ccccc2-c2ccccc21.C[C@H](N)CO.C[C@H](N)[C@@H]1OCCc2sccc21.C[C@H](N)[C@H]1OCCc2sccc21.Cl.Cl.Cl.Cl.O=S(=O)(O)C(F)(F)F. The highest BCUT2D eigenvalue weighted by Gasteiger charge is 2.44. The van der Waals surface area contributed by atoms with Gasteiger partial charge in [-0.3, -0.25) is 4.55 Å². The first-order chi connectivity index (χ1) is 55.9. The van der Waals surface area contributed by atoms with Crippen molar-refractivity contribution in [3.8, 4) is 22.3 Å². The van der Waals surface area contributed by atoms with Gasteiger partial charge in [0.25, 0.3) is 0 Å². The van der Waals surface area contributed by atoms with Gasteiger partial charge in [-0.2, -0.15) is 21.6 Å². The van der Waals surface area contributed by atoms with E-state index in [0.29, 0.717) is 42.4 Å². The predicted octanol–water partition coefficient (Wildman–Crippen LogP) is 19.9. The molecule has 7 aliphatic rings. The summed E-state index contributed by atoms with van der Waals surface area (Å²) in [5, 5.41) is 32.8. The second-order valence-corrected chi connectivity index (χ2v) is 36.6. The van der Waals surface area contributed by atoms with Crippen LogP contribution in [-0.4, -0.2) is 137 Å². The second kappa shape index (κ2) is 52.9. The van der Waals surface area contributed by atoms with Gasteiger partial charge in [0.2, 0.25) is 0 Å². The summed E-state index contributed by atoms with van der Waals surface area (Å²) in [5.41, 5.74) is 27.5. The van der Waals surface area contributed by atoms with Crippen LogP contribution in [0.3, 0.4) is 0 Å². The number of amides is 2. The molecule has 4 aromatic carbocycles. The zero-order valence-corrected chi connectivity index (χ0v) is 78.0. The van der Waals surface area contributed by atoms with E-state index < -0.39 is 33.9 Å². The van der Waals surface area contributed by atoms with Crippen LogP contribution < -0.4 is 27.8 Å². The Morgan fingerprint density at radius 2 is 0.678 bits per heavy atom. The Morgan fingerprint density at radius 1 is 0.438 bits per heavy atom. The van der Waals surface area contributed by atoms with Crippen molar-refractivity contribution in [1.82, 2.24) is 10.6 Å². The molecule has 670 valence electrons. The molecular weight excluding hydrogens is 1760 g/mol. The minimum absolute atomic E-state index is 0. The number of hydrogen-bond acceptors (Lipinski definition) is 22. The fraction of sp³-hybridized carbons (Fsp3) is 0.466. The van der Waals surface area contributed by atoms with Gasteiger partial charge in [0, 0.05) is 86.5 Å². The minimum atomic E-state index is -5.84. The molecule has 121 heavy (non-hydrogen) atoms. The molecule has 10 heterocycles. The third-order valence-corrected chi connectivity index (χ3v) is 25.4. The van der Waals surface area contributed by atoms with E-state index in [1.807, 2.05) is 119 Å². The molecule has 5 aliphatic heterocycles. The average molecular weight is 1880 g/mol. The molecule has 16 rings (SSSR count). The third-order valence-electron chi connectivity index (χ3n) is 19.8. The number of halogens is 7.